The molecule has 2 rings (SSSR count). The SMILES string of the molecule is COc1ccc(OC)c(C(C)NCC2C(C)(C)C2(C)C)c1. The summed E-state index contributed by atoms with van der Waals surface area (Å²) < 4.78 is 10.8. The summed E-state index contributed by atoms with van der Waals surface area (Å²) in [6, 6.07) is 6.20. The monoisotopic (exact) mass is 291 g/mol. The first kappa shape index (κ1) is 16.2. The highest BCUT2D eigenvalue weighted by Crippen LogP contribution is 2.68. The molecule has 3 nitrogen and oxygen atoms in total. The van der Waals surface area contributed by atoms with Crippen LogP contribution in [0.15, 0.2) is 18.2 Å². The van der Waals surface area contributed by atoms with Crippen molar-refractivity contribution in [3.05, 3.63) is 23.8 Å². The number of benzene rings is 1. The lowest BCUT2D eigenvalue weighted by molar-refractivity contribution is 0.389. The van der Waals surface area contributed by atoms with Crippen LogP contribution in [0.3, 0.4) is 0 Å². The molecule has 0 spiro atoms. The lowest BCUT2D eigenvalue weighted by Gasteiger charge is -2.19. The Morgan fingerprint density at radius 2 is 1.71 bits per heavy atom. The van der Waals surface area contributed by atoms with E-state index in [1.54, 1.807) is 14.2 Å². The third-order valence-electron chi connectivity index (χ3n) is 5.85. The molecule has 0 aromatic heterocycles. The number of nitrogens with one attached hydrogen (secondary N) is 1. The Kier molecular flexibility index (Phi) is 4.25. The maximum absolute atomic E-state index is 5.47. The summed E-state index contributed by atoms with van der Waals surface area (Å²) in [5.41, 5.74) is 1.98. The Morgan fingerprint density at radius 1 is 1.10 bits per heavy atom. The van der Waals surface area contributed by atoms with Gasteiger partial charge in [-0.15, -0.1) is 0 Å². The molecule has 0 saturated heterocycles. The zero-order chi connectivity index (χ0) is 15.8. The predicted molar refractivity (Wildman–Crippen MR) is 87.0 cm³/mol. The van der Waals surface area contributed by atoms with Gasteiger partial charge in [0, 0.05) is 11.6 Å². The maximum atomic E-state index is 5.47. The number of hydrogen-bond acceptors (Lipinski definition) is 3. The predicted octanol–water partition coefficient (Wildman–Crippen LogP) is 4.04. The molecule has 1 aliphatic carbocycles. The molecule has 1 aromatic rings. The van der Waals surface area contributed by atoms with Gasteiger partial charge in [-0.2, -0.15) is 0 Å². The number of rotatable bonds is 6. The second-order valence-corrected chi connectivity index (χ2v) is 7.23. The molecule has 0 amide bonds. The first-order valence-corrected chi connectivity index (χ1v) is 7.71. The topological polar surface area (TPSA) is 30.5 Å². The van der Waals surface area contributed by atoms with Crippen LogP contribution in [-0.2, 0) is 0 Å². The standard InChI is InChI=1S/C18H29NO2/c1-12(19-11-16-17(2,3)18(16,4)5)14-10-13(20-6)8-9-15(14)21-7/h8-10,12,16,19H,11H2,1-7H3. The average Bonchev–Trinajstić information content (AvgIpc) is 2.85. The van der Waals surface area contributed by atoms with Crippen LogP contribution in [0.4, 0.5) is 0 Å². The number of hydrogen-bond donors (Lipinski definition) is 1. The quantitative estimate of drug-likeness (QED) is 0.858. The molecule has 1 atom stereocenters. The van der Waals surface area contributed by atoms with E-state index in [9.17, 15) is 0 Å². The van der Waals surface area contributed by atoms with Crippen LogP contribution < -0.4 is 14.8 Å². The molecule has 0 radical (unpaired) electrons. The average molecular weight is 291 g/mol. The van der Waals surface area contributed by atoms with Gasteiger partial charge in [-0.25, -0.2) is 0 Å². The fourth-order valence-electron chi connectivity index (χ4n) is 3.43. The summed E-state index contributed by atoms with van der Waals surface area (Å²) in [7, 11) is 3.41. The Morgan fingerprint density at radius 3 is 2.19 bits per heavy atom. The maximum Gasteiger partial charge on any atom is 0.123 e. The first-order chi connectivity index (χ1) is 9.75. The minimum atomic E-state index is 0.238. The summed E-state index contributed by atoms with van der Waals surface area (Å²) in [5, 5.41) is 3.66. The van der Waals surface area contributed by atoms with Gasteiger partial charge in [0.15, 0.2) is 0 Å². The molecule has 1 aliphatic rings. The summed E-state index contributed by atoms with van der Waals surface area (Å²) in [6.45, 7) is 12.6. The minimum Gasteiger partial charge on any atom is -0.497 e. The van der Waals surface area contributed by atoms with Crippen molar-refractivity contribution in [1.82, 2.24) is 5.32 Å². The molecule has 3 heteroatoms. The molecule has 1 aromatic carbocycles. The van der Waals surface area contributed by atoms with Crippen LogP contribution in [0.25, 0.3) is 0 Å². The van der Waals surface area contributed by atoms with Crippen molar-refractivity contribution in [1.29, 1.82) is 0 Å². The summed E-state index contributed by atoms with van der Waals surface area (Å²) in [6.07, 6.45) is 0. The van der Waals surface area contributed by atoms with Gasteiger partial charge in [0.2, 0.25) is 0 Å². The number of methoxy groups -OCH3 is 2. The molecule has 0 aliphatic heterocycles. The van der Waals surface area contributed by atoms with E-state index in [0.717, 1.165) is 23.6 Å². The Hall–Kier alpha value is -1.22. The van der Waals surface area contributed by atoms with Crippen LogP contribution in [0.5, 0.6) is 11.5 Å². The Bertz CT molecular complexity index is 494. The van der Waals surface area contributed by atoms with E-state index in [-0.39, 0.29) is 6.04 Å². The van der Waals surface area contributed by atoms with E-state index in [4.69, 9.17) is 9.47 Å². The first-order valence-electron chi connectivity index (χ1n) is 7.71. The molecule has 1 fully saturated rings. The highest BCUT2D eigenvalue weighted by Gasteiger charge is 2.63. The van der Waals surface area contributed by atoms with E-state index in [1.165, 1.54) is 0 Å². The van der Waals surface area contributed by atoms with Gasteiger partial charge in [-0.3, -0.25) is 0 Å². The Labute approximate surface area is 129 Å². The van der Waals surface area contributed by atoms with Crippen LogP contribution in [0.1, 0.15) is 46.2 Å². The van der Waals surface area contributed by atoms with Gasteiger partial charge in [0.05, 0.1) is 14.2 Å². The highest BCUT2D eigenvalue weighted by molar-refractivity contribution is 5.42. The fourth-order valence-corrected chi connectivity index (χ4v) is 3.43. The van der Waals surface area contributed by atoms with Crippen molar-refractivity contribution in [2.45, 2.75) is 40.7 Å². The molecule has 0 heterocycles. The largest absolute Gasteiger partial charge is 0.497 e. The molecule has 0 bridgehead atoms. The fraction of sp³-hybridized carbons (Fsp3) is 0.667. The van der Waals surface area contributed by atoms with Crippen LogP contribution in [-0.4, -0.2) is 20.8 Å². The zero-order valence-electron chi connectivity index (χ0n) is 14.4. The molecule has 118 valence electrons. The zero-order valence-corrected chi connectivity index (χ0v) is 14.4. The van der Waals surface area contributed by atoms with Gasteiger partial charge in [0.25, 0.3) is 0 Å². The second kappa shape index (κ2) is 5.53. The van der Waals surface area contributed by atoms with E-state index >= 15 is 0 Å². The summed E-state index contributed by atoms with van der Waals surface area (Å²) in [5.74, 6) is 2.49. The minimum absolute atomic E-state index is 0.238. The van der Waals surface area contributed by atoms with E-state index < -0.39 is 0 Å². The van der Waals surface area contributed by atoms with Crippen LogP contribution in [0.2, 0.25) is 0 Å². The van der Waals surface area contributed by atoms with Gasteiger partial charge < -0.3 is 14.8 Å². The van der Waals surface area contributed by atoms with Gasteiger partial charge in [-0.05, 0) is 48.4 Å². The molecule has 21 heavy (non-hydrogen) atoms. The van der Waals surface area contributed by atoms with Crippen molar-refractivity contribution in [2.24, 2.45) is 16.7 Å². The molecular weight excluding hydrogens is 262 g/mol. The lowest BCUT2D eigenvalue weighted by atomic mass is 10.0. The smallest absolute Gasteiger partial charge is 0.123 e. The van der Waals surface area contributed by atoms with Gasteiger partial charge in [0.1, 0.15) is 11.5 Å². The van der Waals surface area contributed by atoms with E-state index in [2.05, 4.69) is 46.0 Å². The molecule has 1 saturated carbocycles. The molecule has 1 unspecified atom stereocenters. The molecular formula is C18H29NO2. The number of ether oxygens (including phenoxy) is 2. The van der Waals surface area contributed by atoms with Crippen molar-refractivity contribution in [3.8, 4) is 11.5 Å². The van der Waals surface area contributed by atoms with Gasteiger partial charge in [-0.1, -0.05) is 27.7 Å². The normalized spacial score (nSPS) is 20.9. The lowest BCUT2D eigenvalue weighted by Crippen LogP contribution is -2.23. The third-order valence-corrected chi connectivity index (χ3v) is 5.85. The van der Waals surface area contributed by atoms with Gasteiger partial charge >= 0.3 is 0 Å². The van der Waals surface area contributed by atoms with Crippen LogP contribution in [0, 0.1) is 16.7 Å². The van der Waals surface area contributed by atoms with Crippen molar-refractivity contribution >= 4 is 0 Å². The van der Waals surface area contributed by atoms with Crippen molar-refractivity contribution < 1.29 is 9.47 Å². The molecule has 1 N–H and O–H groups in total. The van der Waals surface area contributed by atoms with Crippen molar-refractivity contribution in [2.75, 3.05) is 20.8 Å². The van der Waals surface area contributed by atoms with Crippen LogP contribution >= 0.6 is 0 Å². The highest BCUT2D eigenvalue weighted by atomic mass is 16.5. The summed E-state index contributed by atoms with van der Waals surface area (Å²) in [4.78, 5) is 0. The van der Waals surface area contributed by atoms with E-state index in [0.29, 0.717) is 16.7 Å². The third kappa shape index (κ3) is 2.76. The summed E-state index contributed by atoms with van der Waals surface area (Å²) >= 11 is 0. The van der Waals surface area contributed by atoms with E-state index in [1.807, 2.05) is 12.1 Å². The second-order valence-electron chi connectivity index (χ2n) is 7.23. The van der Waals surface area contributed by atoms with Crippen molar-refractivity contribution in [3.63, 3.8) is 0 Å². The Balaban J connectivity index is 2.06.